The molecule has 0 unspecified atom stereocenters. The topological polar surface area (TPSA) is 37.0 Å². The van der Waals surface area contributed by atoms with Gasteiger partial charge < -0.3 is 5.11 Å². The third kappa shape index (κ3) is 3.78. The minimum atomic E-state index is 0. The molecule has 2 rings (SSSR count). The van der Waals surface area contributed by atoms with Gasteiger partial charge in [0.15, 0.2) is 6.21 Å². The molecule has 0 aromatic heterocycles. The van der Waals surface area contributed by atoms with Crippen LogP contribution in [0.1, 0.15) is 11.1 Å². The summed E-state index contributed by atoms with van der Waals surface area (Å²) in [5.74, 6) is 0.0302. The fourth-order valence-corrected chi connectivity index (χ4v) is 1.50. The first-order valence-corrected chi connectivity index (χ1v) is 5.18. The number of nitrogens with one attached hydrogen (secondary N) is 1. The van der Waals surface area contributed by atoms with Gasteiger partial charge in [0.1, 0.15) is 0 Å². The van der Waals surface area contributed by atoms with Gasteiger partial charge >= 0.3 is 18.9 Å². The van der Waals surface area contributed by atoms with Crippen molar-refractivity contribution in [2.45, 2.75) is 6.92 Å². The van der Waals surface area contributed by atoms with E-state index in [0.29, 0.717) is 5.56 Å². The zero-order valence-corrected chi connectivity index (χ0v) is 10.1. The summed E-state index contributed by atoms with van der Waals surface area (Å²) < 4.78 is 0. The molecule has 0 fully saturated rings. The molecule has 2 nitrogen and oxygen atoms in total. The summed E-state index contributed by atoms with van der Waals surface area (Å²) in [5.41, 5.74) is 2.85. The first-order chi connectivity index (χ1) is 7.75. The van der Waals surface area contributed by atoms with Crippen LogP contribution in [0.3, 0.4) is 0 Å². The number of benzene rings is 2. The Morgan fingerprint density at radius 3 is 2.53 bits per heavy atom. The van der Waals surface area contributed by atoms with Crippen molar-refractivity contribution in [2.75, 3.05) is 0 Å². The molecule has 2 aromatic rings. The molecule has 0 saturated carbocycles. The van der Waals surface area contributed by atoms with Crippen LogP contribution in [-0.4, -0.2) is 6.21 Å². The smallest absolute Gasteiger partial charge is 0.872 e. The van der Waals surface area contributed by atoms with Crippen LogP contribution in [0.4, 0.5) is 5.69 Å². The predicted octanol–water partition coefficient (Wildman–Crippen LogP) is -2.10. The molecule has 1 N–H and O–H groups in total. The molecule has 80 valence electrons. The molecule has 3 heteroatoms. The van der Waals surface area contributed by atoms with E-state index in [9.17, 15) is 5.11 Å². The second-order valence-electron chi connectivity index (χ2n) is 3.70. The molecule has 0 aliphatic rings. The molecular formula is C14H13LiNO+. The second kappa shape index (κ2) is 6.29. The van der Waals surface area contributed by atoms with Gasteiger partial charge in [0.25, 0.3) is 0 Å². The minimum absolute atomic E-state index is 0. The molecule has 2 aromatic carbocycles. The van der Waals surface area contributed by atoms with Gasteiger partial charge in [-0.1, -0.05) is 36.1 Å². The number of rotatable bonds is 2. The molecule has 0 aliphatic heterocycles. The zero-order valence-electron chi connectivity index (χ0n) is 10.1. The van der Waals surface area contributed by atoms with Gasteiger partial charge in [-0.3, -0.25) is 0 Å². The fraction of sp³-hybridized carbons (Fsp3) is 0.0714. The number of para-hydroxylation sites is 1. The average molecular weight is 218 g/mol. The van der Waals surface area contributed by atoms with Crippen molar-refractivity contribution in [1.29, 1.82) is 0 Å². The SMILES string of the molecule is Cc1cccc([NH+]=Cc2ccccc2[O-])c1.[Li+]. The van der Waals surface area contributed by atoms with E-state index in [0.717, 1.165) is 5.69 Å². The van der Waals surface area contributed by atoms with Crippen LogP contribution < -0.4 is 29.0 Å². The third-order valence-corrected chi connectivity index (χ3v) is 2.33. The summed E-state index contributed by atoms with van der Waals surface area (Å²) in [6.45, 7) is 2.03. The zero-order chi connectivity index (χ0) is 11.4. The Bertz CT molecular complexity index is 523. The van der Waals surface area contributed by atoms with E-state index >= 15 is 0 Å². The standard InChI is InChI=1S/C14H13NO.Li/c1-11-5-4-7-13(9-11)15-10-12-6-2-3-8-14(12)16;/h2-10,16H,1H3;/q;+1. The number of hydrogen-bond acceptors (Lipinski definition) is 1. The Labute approximate surface area is 113 Å². The molecular weight excluding hydrogens is 205 g/mol. The molecule has 0 radical (unpaired) electrons. The van der Waals surface area contributed by atoms with Gasteiger partial charge in [-0.25, -0.2) is 4.99 Å². The van der Waals surface area contributed by atoms with Gasteiger partial charge in [-0.05, 0) is 18.6 Å². The van der Waals surface area contributed by atoms with Gasteiger partial charge in [0.2, 0.25) is 5.69 Å². The van der Waals surface area contributed by atoms with E-state index in [4.69, 9.17) is 0 Å². The average Bonchev–Trinajstić information content (AvgIpc) is 2.28. The summed E-state index contributed by atoms with van der Waals surface area (Å²) in [4.78, 5) is 3.12. The quantitative estimate of drug-likeness (QED) is 0.455. The van der Waals surface area contributed by atoms with Gasteiger partial charge in [0.05, 0.1) is 0 Å². The first-order valence-electron chi connectivity index (χ1n) is 5.18. The molecule has 17 heavy (non-hydrogen) atoms. The van der Waals surface area contributed by atoms with Crippen molar-refractivity contribution < 1.29 is 29.0 Å². The van der Waals surface area contributed by atoms with Crippen LogP contribution in [0.25, 0.3) is 0 Å². The molecule has 0 saturated heterocycles. The van der Waals surface area contributed by atoms with Crippen LogP contribution in [0.15, 0.2) is 48.5 Å². The monoisotopic (exact) mass is 218 g/mol. The molecule has 0 heterocycles. The van der Waals surface area contributed by atoms with Crippen LogP contribution in [0.2, 0.25) is 0 Å². The van der Waals surface area contributed by atoms with Crippen LogP contribution in [0.5, 0.6) is 5.75 Å². The minimum Gasteiger partial charge on any atom is -0.872 e. The summed E-state index contributed by atoms with van der Waals surface area (Å²) in [6.07, 6.45) is 1.73. The van der Waals surface area contributed by atoms with Crippen molar-refractivity contribution in [3.63, 3.8) is 0 Å². The van der Waals surface area contributed by atoms with Crippen molar-refractivity contribution in [1.82, 2.24) is 0 Å². The normalized spacial score (nSPS) is 10.2. The van der Waals surface area contributed by atoms with E-state index in [-0.39, 0.29) is 24.6 Å². The maximum Gasteiger partial charge on any atom is 1.00 e. The van der Waals surface area contributed by atoms with E-state index in [1.54, 1.807) is 24.4 Å². The Morgan fingerprint density at radius 2 is 1.82 bits per heavy atom. The largest absolute Gasteiger partial charge is 1.00 e. The maximum atomic E-state index is 11.4. The van der Waals surface area contributed by atoms with E-state index in [1.807, 2.05) is 37.3 Å². The predicted molar refractivity (Wildman–Crippen MR) is 62.9 cm³/mol. The Hall–Kier alpha value is -1.49. The Morgan fingerprint density at radius 1 is 1.06 bits per heavy atom. The summed E-state index contributed by atoms with van der Waals surface area (Å²) in [6, 6.07) is 15.0. The van der Waals surface area contributed by atoms with E-state index in [2.05, 4.69) is 4.99 Å². The van der Waals surface area contributed by atoms with E-state index in [1.165, 1.54) is 5.56 Å². The molecule has 0 bridgehead atoms. The van der Waals surface area contributed by atoms with Crippen LogP contribution >= 0.6 is 0 Å². The van der Waals surface area contributed by atoms with Crippen molar-refractivity contribution >= 4 is 11.9 Å². The fourth-order valence-electron chi connectivity index (χ4n) is 1.50. The maximum absolute atomic E-state index is 11.4. The van der Waals surface area contributed by atoms with Crippen molar-refractivity contribution in [2.24, 2.45) is 0 Å². The Balaban J connectivity index is 0.00000144. The number of hydrogen-bond donors (Lipinski definition) is 1. The third-order valence-electron chi connectivity index (χ3n) is 2.33. The van der Waals surface area contributed by atoms with E-state index < -0.39 is 0 Å². The van der Waals surface area contributed by atoms with Crippen LogP contribution in [-0.2, 0) is 0 Å². The summed E-state index contributed by atoms with van der Waals surface area (Å²) >= 11 is 0. The summed E-state index contributed by atoms with van der Waals surface area (Å²) in [7, 11) is 0. The van der Waals surface area contributed by atoms with Crippen molar-refractivity contribution in [3.8, 4) is 5.75 Å². The summed E-state index contributed by atoms with van der Waals surface area (Å²) in [5, 5.41) is 11.4. The van der Waals surface area contributed by atoms with Gasteiger partial charge in [-0.2, -0.15) is 0 Å². The second-order valence-corrected chi connectivity index (χ2v) is 3.70. The van der Waals surface area contributed by atoms with Gasteiger partial charge in [0, 0.05) is 17.7 Å². The molecule has 0 aliphatic carbocycles. The first kappa shape index (κ1) is 13.6. The van der Waals surface area contributed by atoms with Gasteiger partial charge in [-0.15, -0.1) is 0 Å². The number of aryl methyl sites for hydroxylation is 1. The van der Waals surface area contributed by atoms with Crippen molar-refractivity contribution in [3.05, 3.63) is 59.7 Å². The molecule has 0 amide bonds. The molecule has 0 spiro atoms. The van der Waals surface area contributed by atoms with Crippen LogP contribution in [0, 0.1) is 6.92 Å². The Kier molecular flexibility index (Phi) is 5.02. The molecule has 0 atom stereocenters.